The lowest BCUT2D eigenvalue weighted by Crippen LogP contribution is -2.33. The third kappa shape index (κ3) is 7.41. The molecule has 2 rings (SSSR count). The van der Waals surface area contributed by atoms with Crippen molar-refractivity contribution in [3.05, 3.63) is 56.5 Å². The summed E-state index contributed by atoms with van der Waals surface area (Å²) in [6, 6.07) is 7.35. The van der Waals surface area contributed by atoms with Crippen LogP contribution in [0.15, 0.2) is 35.3 Å². The molecule has 0 bridgehead atoms. The molecule has 6 N–H and O–H groups in total. The van der Waals surface area contributed by atoms with Gasteiger partial charge in [0.1, 0.15) is 6.34 Å². The zero-order chi connectivity index (χ0) is 23.0. The molecule has 0 saturated heterocycles. The molecule has 164 valence electrons. The second kappa shape index (κ2) is 11.5. The molecule has 0 atom stereocenters. The Kier molecular flexibility index (Phi) is 9.07. The number of carbonyl (C=O) groups excluding carboxylic acids is 2. The van der Waals surface area contributed by atoms with Crippen LogP contribution in [0.5, 0.6) is 0 Å². The maximum absolute atomic E-state index is 12.4. The molecule has 0 heterocycles. The summed E-state index contributed by atoms with van der Waals surface area (Å²) >= 11 is 18.1. The van der Waals surface area contributed by atoms with E-state index in [2.05, 4.69) is 21.1 Å². The van der Waals surface area contributed by atoms with Gasteiger partial charge in [0.15, 0.2) is 0 Å². The molecular weight excluding hydrogens is 469 g/mol. The summed E-state index contributed by atoms with van der Waals surface area (Å²) in [7, 11) is 0. The Bertz CT molecular complexity index is 1030. The first kappa shape index (κ1) is 24.4. The van der Waals surface area contributed by atoms with Crippen molar-refractivity contribution in [3.8, 4) is 0 Å². The predicted molar refractivity (Wildman–Crippen MR) is 120 cm³/mol. The van der Waals surface area contributed by atoms with Gasteiger partial charge in [-0.3, -0.25) is 14.4 Å². The molecule has 2 aromatic rings. The van der Waals surface area contributed by atoms with Gasteiger partial charge in [0.25, 0.3) is 5.91 Å². The highest BCUT2D eigenvalue weighted by molar-refractivity contribution is 6.37. The molecule has 2 amide bonds. The fraction of sp³-hybridized carbons (Fsp3) is 0.158. The maximum Gasteiger partial charge on any atom is 0.303 e. The number of amides is 2. The van der Waals surface area contributed by atoms with Gasteiger partial charge in [-0.25, -0.2) is 10.8 Å². The minimum absolute atomic E-state index is 0.114. The van der Waals surface area contributed by atoms with Gasteiger partial charge in [-0.2, -0.15) is 0 Å². The Morgan fingerprint density at radius 1 is 1.10 bits per heavy atom. The Morgan fingerprint density at radius 2 is 1.84 bits per heavy atom. The molecule has 0 radical (unpaired) electrons. The van der Waals surface area contributed by atoms with Gasteiger partial charge in [-0.05, 0) is 42.3 Å². The summed E-state index contributed by atoms with van der Waals surface area (Å²) in [5, 5.41) is 14.7. The highest BCUT2D eigenvalue weighted by Crippen LogP contribution is 2.31. The van der Waals surface area contributed by atoms with Crippen LogP contribution in [0.1, 0.15) is 22.3 Å². The van der Waals surface area contributed by atoms with Crippen molar-refractivity contribution in [2.45, 2.75) is 12.8 Å². The molecule has 2 aromatic carbocycles. The molecule has 0 unspecified atom stereocenters. The first-order chi connectivity index (χ1) is 14.7. The topological polar surface area (TPSA) is 146 Å². The largest absolute Gasteiger partial charge is 0.481 e. The predicted octanol–water partition coefficient (Wildman–Crippen LogP) is 3.16. The van der Waals surface area contributed by atoms with Gasteiger partial charge >= 0.3 is 5.97 Å². The number of aryl methyl sites for hydroxylation is 1. The van der Waals surface area contributed by atoms with Crippen molar-refractivity contribution in [1.82, 2.24) is 10.7 Å². The Labute approximate surface area is 192 Å². The van der Waals surface area contributed by atoms with Gasteiger partial charge in [-0.15, -0.1) is 0 Å². The number of aliphatic imine (C=N–C) groups is 1. The van der Waals surface area contributed by atoms with E-state index in [9.17, 15) is 14.4 Å². The van der Waals surface area contributed by atoms with Crippen molar-refractivity contribution in [3.63, 3.8) is 0 Å². The third-order valence-corrected chi connectivity index (χ3v) is 4.74. The van der Waals surface area contributed by atoms with E-state index in [4.69, 9.17) is 45.8 Å². The summed E-state index contributed by atoms with van der Waals surface area (Å²) in [6.45, 7) is -0.359. The lowest BCUT2D eigenvalue weighted by molar-refractivity contribution is -0.137. The van der Waals surface area contributed by atoms with Crippen molar-refractivity contribution in [2.75, 3.05) is 11.9 Å². The number of rotatable bonds is 9. The Morgan fingerprint density at radius 3 is 2.52 bits per heavy atom. The van der Waals surface area contributed by atoms with Crippen molar-refractivity contribution >= 4 is 70.3 Å². The number of hydrazine groups is 1. The zero-order valence-corrected chi connectivity index (χ0v) is 18.2. The zero-order valence-electron chi connectivity index (χ0n) is 15.9. The number of nitrogens with two attached hydrogens (primary N) is 1. The van der Waals surface area contributed by atoms with Crippen LogP contribution in [0.3, 0.4) is 0 Å². The smallest absolute Gasteiger partial charge is 0.303 e. The van der Waals surface area contributed by atoms with Crippen LogP contribution < -0.4 is 21.9 Å². The minimum Gasteiger partial charge on any atom is -0.481 e. The number of carboxylic acid groups (broad SMARTS) is 1. The van der Waals surface area contributed by atoms with Crippen molar-refractivity contribution < 1.29 is 19.5 Å². The number of carbonyl (C=O) groups is 3. The quantitative estimate of drug-likeness (QED) is 0.159. The van der Waals surface area contributed by atoms with Crippen LogP contribution >= 0.6 is 34.8 Å². The normalized spacial score (nSPS) is 10.7. The van der Waals surface area contributed by atoms with Crippen LogP contribution in [-0.4, -0.2) is 35.8 Å². The van der Waals surface area contributed by atoms with Crippen LogP contribution in [-0.2, 0) is 16.0 Å². The molecule has 31 heavy (non-hydrogen) atoms. The van der Waals surface area contributed by atoms with Crippen LogP contribution in [0.2, 0.25) is 15.1 Å². The van der Waals surface area contributed by atoms with E-state index in [1.807, 2.05) is 0 Å². The molecule has 0 aliphatic rings. The average molecular weight is 487 g/mol. The van der Waals surface area contributed by atoms with Crippen LogP contribution in [0.25, 0.3) is 0 Å². The third-order valence-electron chi connectivity index (χ3n) is 3.91. The van der Waals surface area contributed by atoms with Crippen LogP contribution in [0, 0.1) is 0 Å². The number of halogens is 3. The van der Waals surface area contributed by atoms with Gasteiger partial charge in [0.05, 0.1) is 28.0 Å². The second-order valence-electron chi connectivity index (χ2n) is 6.14. The van der Waals surface area contributed by atoms with E-state index >= 15 is 0 Å². The van der Waals surface area contributed by atoms with E-state index in [1.54, 1.807) is 0 Å². The molecule has 0 aliphatic carbocycles. The fourth-order valence-corrected chi connectivity index (χ4v) is 3.26. The fourth-order valence-electron chi connectivity index (χ4n) is 2.51. The molecule has 0 saturated carbocycles. The van der Waals surface area contributed by atoms with Crippen molar-refractivity contribution in [2.24, 2.45) is 10.8 Å². The number of carboxylic acids is 1. The molecule has 0 aliphatic heterocycles. The minimum atomic E-state index is -1.01. The Balaban J connectivity index is 2.06. The number of nitrogens with one attached hydrogen (secondary N) is 3. The van der Waals surface area contributed by atoms with E-state index in [0.717, 1.165) is 0 Å². The monoisotopic (exact) mass is 485 g/mol. The number of anilines is 1. The average Bonchev–Trinajstić information content (AvgIpc) is 2.71. The summed E-state index contributed by atoms with van der Waals surface area (Å²) < 4.78 is 0. The highest BCUT2D eigenvalue weighted by Gasteiger charge is 2.15. The maximum atomic E-state index is 12.4. The first-order valence-corrected chi connectivity index (χ1v) is 9.90. The first-order valence-electron chi connectivity index (χ1n) is 8.77. The summed E-state index contributed by atoms with van der Waals surface area (Å²) in [5.74, 6) is 3.02. The molecule has 9 nitrogen and oxygen atoms in total. The molecule has 0 fully saturated rings. The van der Waals surface area contributed by atoms with E-state index in [0.29, 0.717) is 21.3 Å². The SMILES string of the molecule is NNC=Nc1cc(C(=O)NCC(=O)Nc2c(Cl)cc(Cl)cc2CCC(=O)O)ccc1Cl. The van der Waals surface area contributed by atoms with Gasteiger partial charge in [0, 0.05) is 17.0 Å². The van der Waals surface area contributed by atoms with Crippen LogP contribution in [0.4, 0.5) is 11.4 Å². The number of hydrogen-bond acceptors (Lipinski definition) is 5. The molecule has 0 spiro atoms. The van der Waals surface area contributed by atoms with Gasteiger partial charge in [0.2, 0.25) is 5.91 Å². The number of aliphatic carboxylic acids is 1. The standard InChI is InChI=1S/C19H18Cl3N5O4/c20-12-5-10(2-4-17(29)30)18(14(22)7-12)27-16(28)8-24-19(31)11-1-3-13(21)15(6-11)25-9-26-23/h1,3,5-7,9H,2,4,8,23H2,(H,24,31)(H,25,26)(H,27,28)(H,29,30). The molecule has 0 aromatic heterocycles. The van der Waals surface area contributed by atoms with E-state index in [1.165, 1.54) is 36.7 Å². The summed E-state index contributed by atoms with van der Waals surface area (Å²) in [4.78, 5) is 39.5. The summed E-state index contributed by atoms with van der Waals surface area (Å²) in [5.41, 5.74) is 3.48. The Hall–Kier alpha value is -2.85. The lowest BCUT2D eigenvalue weighted by Gasteiger charge is -2.14. The highest BCUT2D eigenvalue weighted by atomic mass is 35.5. The van der Waals surface area contributed by atoms with E-state index in [-0.39, 0.29) is 35.7 Å². The number of nitrogens with zero attached hydrogens (tertiary/aromatic N) is 1. The number of hydrogen-bond donors (Lipinski definition) is 5. The molecule has 12 heteroatoms. The summed E-state index contributed by atoms with van der Waals surface area (Å²) in [6.07, 6.45) is 1.15. The van der Waals surface area contributed by atoms with Gasteiger partial charge in [-0.1, -0.05) is 34.8 Å². The number of benzene rings is 2. The molecular formula is C19H18Cl3N5O4. The lowest BCUT2D eigenvalue weighted by atomic mass is 10.1. The second-order valence-corrected chi connectivity index (χ2v) is 7.39. The van der Waals surface area contributed by atoms with Crippen molar-refractivity contribution in [1.29, 1.82) is 0 Å². The van der Waals surface area contributed by atoms with E-state index < -0.39 is 17.8 Å². The van der Waals surface area contributed by atoms with Gasteiger partial charge < -0.3 is 21.2 Å².